The van der Waals surface area contributed by atoms with Gasteiger partial charge < -0.3 is 1.43 Å². The molecule has 0 aliphatic rings. The molecule has 0 bridgehead atoms. The van der Waals surface area contributed by atoms with Gasteiger partial charge in [-0.1, -0.05) is 0 Å². The van der Waals surface area contributed by atoms with Gasteiger partial charge in [0.25, 0.3) is 0 Å². The van der Waals surface area contributed by atoms with Crippen molar-refractivity contribution in [2.75, 3.05) is 0 Å². The summed E-state index contributed by atoms with van der Waals surface area (Å²) in [6, 6.07) is 0. The zero-order valence-electron chi connectivity index (χ0n) is 5.45. The SMILES string of the molecule is O=S(=O)(O)O.[Co].[Cu].[H-].[Li+].[Mn].[Ni]. The molecule has 0 aromatic carbocycles. The largest absolute Gasteiger partial charge is 1.00 e. The summed E-state index contributed by atoms with van der Waals surface area (Å²) in [4.78, 5) is 0. The van der Waals surface area contributed by atoms with Gasteiger partial charge in [0.15, 0.2) is 0 Å². The third kappa shape index (κ3) is 151. The molecule has 3 radical (unpaired) electrons. The molecule has 0 aromatic heterocycles. The molecular weight excluding hydrogens is 339 g/mol. The van der Waals surface area contributed by atoms with E-state index in [0.717, 1.165) is 0 Å². The van der Waals surface area contributed by atoms with Crippen molar-refractivity contribution in [3.05, 3.63) is 0 Å². The Hall–Kier alpha value is 2.51. The van der Waals surface area contributed by atoms with E-state index >= 15 is 0 Å². The molecule has 0 rings (SSSR count). The maximum atomic E-state index is 8.74. The van der Waals surface area contributed by atoms with E-state index in [1.165, 1.54) is 0 Å². The number of hydrogen-bond acceptors (Lipinski definition) is 2. The van der Waals surface area contributed by atoms with Crippen LogP contribution < -0.4 is 18.9 Å². The van der Waals surface area contributed by atoms with Crippen molar-refractivity contribution in [3.8, 4) is 0 Å². The van der Waals surface area contributed by atoms with Crippen LogP contribution in [0.25, 0.3) is 0 Å². The van der Waals surface area contributed by atoms with E-state index in [-0.39, 0.29) is 87.7 Å². The molecule has 2 N–H and O–H groups in total. The topological polar surface area (TPSA) is 74.6 Å². The Kier molecular flexibility index (Phi) is 68.7. The molecule has 0 aliphatic carbocycles. The summed E-state index contributed by atoms with van der Waals surface area (Å²) in [7, 11) is -4.67. The zero-order valence-corrected chi connectivity index (χ0v) is 9.42. The van der Waals surface area contributed by atoms with Gasteiger partial charge in [0.2, 0.25) is 0 Å². The van der Waals surface area contributed by atoms with Gasteiger partial charge in [-0.15, -0.1) is 0 Å². The van der Waals surface area contributed by atoms with Crippen molar-refractivity contribution in [1.29, 1.82) is 0 Å². The van der Waals surface area contributed by atoms with Crippen LogP contribution in [0.3, 0.4) is 0 Å². The molecule has 0 fully saturated rings. The molecule has 0 unspecified atom stereocenters. The molecule has 71 valence electrons. The first-order chi connectivity index (χ1) is 2.00. The van der Waals surface area contributed by atoms with E-state index in [1.807, 2.05) is 0 Å². The van der Waals surface area contributed by atoms with E-state index in [1.54, 1.807) is 0 Å². The smallest absolute Gasteiger partial charge is 1.00 e. The predicted octanol–water partition coefficient (Wildman–Crippen LogP) is -3.55. The molecule has 0 spiro atoms. The van der Waals surface area contributed by atoms with Crippen LogP contribution in [0.5, 0.6) is 0 Å². The molecule has 0 amide bonds. The Morgan fingerprint density at radius 3 is 1.20 bits per heavy atom. The van der Waals surface area contributed by atoms with Crippen molar-refractivity contribution in [3.63, 3.8) is 0 Å². The van der Waals surface area contributed by atoms with Gasteiger partial charge in [-0.3, -0.25) is 9.11 Å². The average molecular weight is 342 g/mol. The second kappa shape index (κ2) is 17.6. The molecule has 10 heavy (non-hydrogen) atoms. The van der Waals surface area contributed by atoms with Gasteiger partial charge in [-0.05, 0) is 0 Å². The summed E-state index contributed by atoms with van der Waals surface area (Å²) >= 11 is 0. The van der Waals surface area contributed by atoms with E-state index in [9.17, 15) is 0 Å². The van der Waals surface area contributed by atoms with Crippen LogP contribution in [0.2, 0.25) is 0 Å². The molecule has 0 heterocycles. The van der Waals surface area contributed by atoms with E-state index in [0.29, 0.717) is 0 Å². The normalized spacial score (nSPS) is 5.80. The maximum Gasteiger partial charge on any atom is 1.00 e. The Morgan fingerprint density at radius 2 is 1.20 bits per heavy atom. The first-order valence-electron chi connectivity index (χ1n) is 0.698. The third-order valence-electron chi connectivity index (χ3n) is 0. The number of hydrogen-bond donors (Lipinski definition) is 2. The van der Waals surface area contributed by atoms with Crippen LogP contribution in [-0.2, 0) is 77.8 Å². The van der Waals surface area contributed by atoms with Gasteiger partial charge in [-0.25, -0.2) is 0 Å². The summed E-state index contributed by atoms with van der Waals surface area (Å²) in [5.41, 5.74) is 0. The maximum absolute atomic E-state index is 8.74. The Bertz CT molecular complexity index is 113. The molecule has 0 saturated heterocycles. The van der Waals surface area contributed by atoms with E-state index < -0.39 is 10.4 Å². The standard InChI is InChI=1S/Co.Cu.Li.Mn.Ni.H2O4S.H/c;;;;;1-5(2,3)4;/h;;;;;(H2,1,2,3,4);/q;;+1;;;;-1. The van der Waals surface area contributed by atoms with Gasteiger partial charge in [0.1, 0.15) is 0 Å². The van der Waals surface area contributed by atoms with Crippen molar-refractivity contribution in [2.24, 2.45) is 0 Å². The number of rotatable bonds is 0. The summed E-state index contributed by atoms with van der Waals surface area (Å²) in [6.45, 7) is 0. The predicted molar refractivity (Wildman–Crippen MR) is 15.3 cm³/mol. The zero-order chi connectivity index (χ0) is 4.50. The average Bonchev–Trinajstić information content (AvgIpc) is 0.722. The summed E-state index contributed by atoms with van der Waals surface area (Å²) in [6.07, 6.45) is 0. The minimum Gasteiger partial charge on any atom is -1.00 e. The Labute approximate surface area is 114 Å². The van der Waals surface area contributed by atoms with Crippen LogP contribution in [-0.4, -0.2) is 17.5 Å². The molecule has 0 atom stereocenters. The van der Waals surface area contributed by atoms with Crippen LogP contribution in [0, 0.1) is 0 Å². The van der Waals surface area contributed by atoms with Gasteiger partial charge in [0, 0.05) is 67.4 Å². The first-order valence-corrected chi connectivity index (χ1v) is 2.10. The van der Waals surface area contributed by atoms with E-state index in [4.69, 9.17) is 17.5 Å². The molecular formula is H3CoCuLiMnNiO4S. The monoisotopic (exact) mass is 341 g/mol. The van der Waals surface area contributed by atoms with Crippen LogP contribution in [0.4, 0.5) is 0 Å². The fourth-order valence-electron chi connectivity index (χ4n) is 0. The minimum atomic E-state index is -4.67. The van der Waals surface area contributed by atoms with Crippen LogP contribution in [0.1, 0.15) is 1.43 Å². The second-order valence-electron chi connectivity index (χ2n) is 0.448. The quantitative estimate of drug-likeness (QED) is 0.353. The third-order valence-corrected chi connectivity index (χ3v) is 0. The molecule has 10 heteroatoms. The molecule has 0 saturated carbocycles. The summed E-state index contributed by atoms with van der Waals surface area (Å²) in [5.74, 6) is 0. The fraction of sp³-hybridized carbons (Fsp3) is 0. The van der Waals surface area contributed by atoms with Gasteiger partial charge in [0.05, 0.1) is 0 Å². The van der Waals surface area contributed by atoms with Gasteiger partial charge >= 0.3 is 29.3 Å². The van der Waals surface area contributed by atoms with Crippen molar-refractivity contribution >= 4 is 10.4 Å². The molecule has 4 nitrogen and oxygen atoms in total. The summed E-state index contributed by atoms with van der Waals surface area (Å²) < 4.78 is 31.6. The Morgan fingerprint density at radius 1 is 1.20 bits per heavy atom. The fourth-order valence-corrected chi connectivity index (χ4v) is 0. The van der Waals surface area contributed by atoms with Gasteiger partial charge in [-0.2, -0.15) is 8.42 Å². The van der Waals surface area contributed by atoms with Crippen LogP contribution in [0.15, 0.2) is 0 Å². The van der Waals surface area contributed by atoms with Crippen molar-refractivity contribution in [2.45, 2.75) is 0 Å². The van der Waals surface area contributed by atoms with Crippen LogP contribution >= 0.6 is 0 Å². The van der Waals surface area contributed by atoms with E-state index in [2.05, 4.69) is 0 Å². The molecule has 0 aromatic rings. The Balaban J connectivity index is -0.00000000533. The summed E-state index contributed by atoms with van der Waals surface area (Å²) in [5, 5.41) is 0. The van der Waals surface area contributed by atoms with Crippen molar-refractivity contribution in [1.82, 2.24) is 0 Å². The van der Waals surface area contributed by atoms with Crippen molar-refractivity contribution < 1.29 is 105 Å². The minimum absolute atomic E-state index is 0. The first kappa shape index (κ1) is 39.1. The molecule has 0 aliphatic heterocycles. The second-order valence-corrected chi connectivity index (χ2v) is 1.34.